The lowest BCUT2D eigenvalue weighted by Crippen LogP contribution is -2.34. The molecule has 1 aromatic rings. The van der Waals surface area contributed by atoms with E-state index in [-0.39, 0.29) is 11.7 Å². The Kier molecular flexibility index (Phi) is 3.79. The average Bonchev–Trinajstić information content (AvgIpc) is 2.39. The van der Waals surface area contributed by atoms with E-state index >= 15 is 0 Å². The molecule has 0 saturated carbocycles. The molecule has 1 aliphatic rings. The number of ether oxygens (including phenoxy) is 1. The van der Waals surface area contributed by atoms with Crippen LogP contribution in [0.2, 0.25) is 0 Å². The molecule has 6 nitrogen and oxygen atoms in total. The van der Waals surface area contributed by atoms with E-state index in [1.165, 1.54) is 12.1 Å². The van der Waals surface area contributed by atoms with Crippen LogP contribution >= 0.6 is 0 Å². The predicted molar refractivity (Wildman–Crippen MR) is 68.5 cm³/mol. The number of allylic oxidation sites excluding steroid dienone is 1. The number of rotatable bonds is 3. The molecule has 0 aromatic heterocycles. The van der Waals surface area contributed by atoms with Crippen LogP contribution in [-0.4, -0.2) is 24.0 Å². The topological polar surface area (TPSA) is 81.5 Å². The third-order valence-electron chi connectivity index (χ3n) is 2.88. The second kappa shape index (κ2) is 5.51. The summed E-state index contributed by atoms with van der Waals surface area (Å²) in [5, 5.41) is 13.6. The quantitative estimate of drug-likeness (QED) is 0.387. The van der Waals surface area contributed by atoms with E-state index in [1.54, 1.807) is 12.1 Å². The highest BCUT2D eigenvalue weighted by Crippen LogP contribution is 2.17. The maximum absolute atomic E-state index is 11.5. The summed E-state index contributed by atoms with van der Waals surface area (Å²) < 4.78 is 4.95. The second-order valence-electron chi connectivity index (χ2n) is 4.32. The lowest BCUT2D eigenvalue weighted by atomic mass is 10.0. The van der Waals surface area contributed by atoms with E-state index in [1.807, 2.05) is 6.92 Å². The molecule has 1 saturated heterocycles. The number of hydrogen-bond acceptors (Lipinski definition) is 5. The number of carbonyl (C=O) groups is 1. The number of esters is 1. The van der Waals surface area contributed by atoms with E-state index in [0.717, 1.165) is 11.1 Å². The maximum atomic E-state index is 11.5. The van der Waals surface area contributed by atoms with E-state index in [4.69, 9.17) is 4.74 Å². The number of cyclic esters (lactones) is 1. The van der Waals surface area contributed by atoms with Crippen molar-refractivity contribution in [2.75, 3.05) is 13.2 Å². The normalized spacial score (nSPS) is 17.4. The van der Waals surface area contributed by atoms with Crippen LogP contribution < -0.4 is 5.32 Å². The number of carbonyl (C=O) groups excluding carboxylic acids is 1. The first-order valence-electron chi connectivity index (χ1n) is 5.92. The first-order valence-corrected chi connectivity index (χ1v) is 5.92. The highest BCUT2D eigenvalue weighted by Gasteiger charge is 2.18. The summed E-state index contributed by atoms with van der Waals surface area (Å²) in [7, 11) is 0. The third kappa shape index (κ3) is 3.09. The fraction of sp³-hybridized carbons (Fsp3) is 0.308. The monoisotopic (exact) mass is 262 g/mol. The largest absolute Gasteiger partial charge is 0.459 e. The molecule has 1 aliphatic heterocycles. The maximum Gasteiger partial charge on any atom is 0.354 e. The smallest absolute Gasteiger partial charge is 0.354 e. The average molecular weight is 262 g/mol. The van der Waals surface area contributed by atoms with Gasteiger partial charge in [0.1, 0.15) is 12.3 Å². The van der Waals surface area contributed by atoms with Gasteiger partial charge in [-0.1, -0.05) is 12.1 Å². The Labute approximate surface area is 110 Å². The lowest BCUT2D eigenvalue weighted by Gasteiger charge is -2.19. The van der Waals surface area contributed by atoms with Crippen LogP contribution in [0.5, 0.6) is 0 Å². The Balaban J connectivity index is 2.13. The van der Waals surface area contributed by atoms with E-state index in [2.05, 4.69) is 5.32 Å². The van der Waals surface area contributed by atoms with E-state index in [9.17, 15) is 14.9 Å². The fourth-order valence-electron chi connectivity index (χ4n) is 1.92. The zero-order valence-electron chi connectivity index (χ0n) is 10.5. The van der Waals surface area contributed by atoms with Crippen molar-refractivity contribution in [3.63, 3.8) is 0 Å². The van der Waals surface area contributed by atoms with Gasteiger partial charge in [0.25, 0.3) is 5.69 Å². The van der Waals surface area contributed by atoms with Gasteiger partial charge in [0.2, 0.25) is 0 Å². The first-order chi connectivity index (χ1) is 9.08. The number of hydrogen-bond donors (Lipinski definition) is 1. The zero-order chi connectivity index (χ0) is 13.8. The highest BCUT2D eigenvalue weighted by atomic mass is 16.6. The van der Waals surface area contributed by atoms with Crippen molar-refractivity contribution in [1.82, 2.24) is 5.32 Å². The van der Waals surface area contributed by atoms with Crippen LogP contribution in [0.4, 0.5) is 5.69 Å². The van der Waals surface area contributed by atoms with Crippen LogP contribution in [0.1, 0.15) is 12.5 Å². The fourth-order valence-corrected chi connectivity index (χ4v) is 1.92. The molecule has 0 bridgehead atoms. The van der Waals surface area contributed by atoms with Crippen molar-refractivity contribution in [3.05, 3.63) is 51.2 Å². The number of nitro groups is 1. The van der Waals surface area contributed by atoms with Gasteiger partial charge in [-0.15, -0.1) is 0 Å². The standard InChI is InChI=1S/C13H14N2O4/c1-9(12-13(16)19-7-6-14-12)8-10-2-4-11(5-3-10)15(17)18/h2-5,14H,6-8H2,1H3/b12-9-. The number of nitrogens with zero attached hydrogens (tertiary/aromatic N) is 1. The minimum Gasteiger partial charge on any atom is -0.459 e. The molecule has 0 atom stereocenters. The predicted octanol–water partition coefficient (Wildman–Crippen LogP) is 1.56. The van der Waals surface area contributed by atoms with Crippen LogP contribution in [0.15, 0.2) is 35.5 Å². The van der Waals surface area contributed by atoms with Crippen molar-refractivity contribution < 1.29 is 14.5 Å². The first kappa shape index (κ1) is 13.1. The molecule has 1 aromatic carbocycles. The summed E-state index contributed by atoms with van der Waals surface area (Å²) in [5.41, 5.74) is 2.32. The van der Waals surface area contributed by atoms with Crippen molar-refractivity contribution in [2.45, 2.75) is 13.3 Å². The van der Waals surface area contributed by atoms with Crippen LogP contribution in [0.25, 0.3) is 0 Å². The molecule has 0 amide bonds. The molecule has 0 radical (unpaired) electrons. The van der Waals surface area contributed by atoms with Gasteiger partial charge in [0, 0.05) is 18.7 Å². The highest BCUT2D eigenvalue weighted by molar-refractivity contribution is 5.89. The van der Waals surface area contributed by atoms with Crippen molar-refractivity contribution >= 4 is 11.7 Å². The summed E-state index contributed by atoms with van der Waals surface area (Å²) in [6.07, 6.45) is 0.551. The third-order valence-corrected chi connectivity index (χ3v) is 2.88. The molecule has 1 fully saturated rings. The summed E-state index contributed by atoms with van der Waals surface area (Å²) in [4.78, 5) is 21.7. The molecule has 1 heterocycles. The molecule has 0 aliphatic carbocycles. The molecular weight excluding hydrogens is 248 g/mol. The van der Waals surface area contributed by atoms with Gasteiger partial charge in [-0.25, -0.2) is 4.79 Å². The van der Waals surface area contributed by atoms with Crippen LogP contribution in [0.3, 0.4) is 0 Å². The van der Waals surface area contributed by atoms with Gasteiger partial charge >= 0.3 is 5.97 Å². The van der Waals surface area contributed by atoms with Gasteiger partial charge < -0.3 is 10.1 Å². The van der Waals surface area contributed by atoms with Crippen LogP contribution in [-0.2, 0) is 16.0 Å². The van der Waals surface area contributed by atoms with Crippen molar-refractivity contribution in [3.8, 4) is 0 Å². The van der Waals surface area contributed by atoms with Gasteiger partial charge in [-0.05, 0) is 24.5 Å². The minimum absolute atomic E-state index is 0.0595. The molecule has 0 unspecified atom stereocenters. The molecule has 0 spiro atoms. The Morgan fingerprint density at radius 3 is 2.68 bits per heavy atom. The zero-order valence-corrected chi connectivity index (χ0v) is 10.5. The SMILES string of the molecule is C/C(Cc1ccc([N+](=O)[O-])cc1)=C1/NCCOC1=O. The van der Waals surface area contributed by atoms with Crippen molar-refractivity contribution in [2.24, 2.45) is 0 Å². The number of non-ortho nitro benzene ring substituents is 1. The molecule has 1 N–H and O–H groups in total. The Morgan fingerprint density at radius 2 is 2.11 bits per heavy atom. The summed E-state index contributed by atoms with van der Waals surface area (Å²) in [6, 6.07) is 6.30. The summed E-state index contributed by atoms with van der Waals surface area (Å²) in [6.45, 7) is 2.84. The molecule has 6 heteroatoms. The lowest BCUT2D eigenvalue weighted by molar-refractivity contribution is -0.384. The van der Waals surface area contributed by atoms with Crippen molar-refractivity contribution in [1.29, 1.82) is 0 Å². The van der Waals surface area contributed by atoms with Gasteiger partial charge in [-0.3, -0.25) is 10.1 Å². The van der Waals surface area contributed by atoms with E-state index < -0.39 is 4.92 Å². The summed E-state index contributed by atoms with van der Waals surface area (Å²) >= 11 is 0. The molecule has 2 rings (SSSR count). The number of nitro benzene ring substituents is 1. The van der Waals surface area contributed by atoms with Gasteiger partial charge in [-0.2, -0.15) is 0 Å². The Hall–Kier alpha value is -2.37. The van der Waals surface area contributed by atoms with Gasteiger partial charge in [0.15, 0.2) is 0 Å². The van der Waals surface area contributed by atoms with Crippen LogP contribution in [0, 0.1) is 10.1 Å². The summed E-state index contributed by atoms with van der Waals surface area (Å²) in [5.74, 6) is -0.342. The number of benzene rings is 1. The van der Waals surface area contributed by atoms with E-state index in [0.29, 0.717) is 25.3 Å². The van der Waals surface area contributed by atoms with Gasteiger partial charge in [0.05, 0.1) is 4.92 Å². The number of morpholine rings is 1. The number of nitrogens with one attached hydrogen (secondary N) is 1. The minimum atomic E-state index is -0.435. The Morgan fingerprint density at radius 1 is 1.42 bits per heavy atom. The second-order valence-corrected chi connectivity index (χ2v) is 4.32. The molecular formula is C13H14N2O4. The Bertz CT molecular complexity index is 534. The molecule has 19 heavy (non-hydrogen) atoms. The molecule has 100 valence electrons.